The molecule has 4 rings (SSSR count). The molecule has 10 heteroatoms. The Balaban J connectivity index is 1.37. The normalized spacial score (nSPS) is 10.5. The Morgan fingerprint density at radius 3 is 2.71 bits per heavy atom. The first-order chi connectivity index (χ1) is 15.2. The first kappa shape index (κ1) is 20.4. The van der Waals surface area contributed by atoms with E-state index in [1.807, 2.05) is 36.4 Å². The van der Waals surface area contributed by atoms with E-state index in [9.17, 15) is 4.79 Å². The SMILES string of the molecule is COc1ccc(Nc2nc(C(=O)NCc3nc(-c4ccccc4)no3)cs2)c(OC)c1. The molecule has 4 aromatic rings. The van der Waals surface area contributed by atoms with Crippen LogP contribution in [0.4, 0.5) is 10.8 Å². The maximum atomic E-state index is 12.4. The van der Waals surface area contributed by atoms with Gasteiger partial charge in [0.25, 0.3) is 5.91 Å². The second-order valence-corrected chi connectivity index (χ2v) is 7.15. The van der Waals surface area contributed by atoms with Crippen LogP contribution in [0.1, 0.15) is 16.4 Å². The molecule has 0 spiro atoms. The first-order valence-electron chi connectivity index (χ1n) is 9.27. The van der Waals surface area contributed by atoms with Gasteiger partial charge in [0, 0.05) is 17.0 Å². The molecular formula is C21H19N5O4S. The average Bonchev–Trinajstić information content (AvgIpc) is 3.48. The molecule has 2 N–H and O–H groups in total. The third-order valence-electron chi connectivity index (χ3n) is 4.29. The zero-order valence-electron chi connectivity index (χ0n) is 16.8. The van der Waals surface area contributed by atoms with Crippen LogP contribution in [0.15, 0.2) is 58.4 Å². The van der Waals surface area contributed by atoms with Gasteiger partial charge in [-0.25, -0.2) is 4.98 Å². The molecule has 0 aliphatic carbocycles. The van der Waals surface area contributed by atoms with Crippen LogP contribution in [0.2, 0.25) is 0 Å². The topological polar surface area (TPSA) is 111 Å². The summed E-state index contributed by atoms with van der Waals surface area (Å²) in [7, 11) is 3.16. The second-order valence-electron chi connectivity index (χ2n) is 6.29. The van der Waals surface area contributed by atoms with Crippen molar-refractivity contribution in [2.24, 2.45) is 0 Å². The van der Waals surface area contributed by atoms with E-state index in [2.05, 4.69) is 25.8 Å². The van der Waals surface area contributed by atoms with Crippen LogP contribution in [-0.4, -0.2) is 35.3 Å². The van der Waals surface area contributed by atoms with Crippen molar-refractivity contribution in [1.82, 2.24) is 20.4 Å². The van der Waals surface area contributed by atoms with Gasteiger partial charge in [-0.05, 0) is 12.1 Å². The van der Waals surface area contributed by atoms with Gasteiger partial charge in [0.05, 0.1) is 26.5 Å². The number of benzene rings is 2. The molecule has 0 radical (unpaired) electrons. The highest BCUT2D eigenvalue weighted by molar-refractivity contribution is 7.14. The van der Waals surface area contributed by atoms with Crippen LogP contribution in [0, 0.1) is 0 Å². The highest BCUT2D eigenvalue weighted by atomic mass is 32.1. The molecule has 0 aliphatic heterocycles. The standard InChI is InChI=1S/C21H19N5O4S/c1-28-14-8-9-15(17(10-14)29-2)23-21-24-16(12-31-21)20(27)22-11-18-25-19(26-30-18)13-6-4-3-5-7-13/h3-10,12H,11H2,1-2H3,(H,22,27)(H,23,24). The van der Waals surface area contributed by atoms with E-state index in [-0.39, 0.29) is 18.1 Å². The van der Waals surface area contributed by atoms with Crippen LogP contribution in [0.3, 0.4) is 0 Å². The number of aromatic nitrogens is 3. The van der Waals surface area contributed by atoms with Crippen molar-refractivity contribution in [2.75, 3.05) is 19.5 Å². The van der Waals surface area contributed by atoms with Gasteiger partial charge in [0.2, 0.25) is 11.7 Å². The lowest BCUT2D eigenvalue weighted by Gasteiger charge is -2.10. The summed E-state index contributed by atoms with van der Waals surface area (Å²) in [5.41, 5.74) is 1.83. The number of methoxy groups -OCH3 is 2. The van der Waals surface area contributed by atoms with Gasteiger partial charge < -0.3 is 24.6 Å². The molecule has 2 aromatic carbocycles. The van der Waals surface area contributed by atoms with E-state index in [0.717, 1.165) is 5.56 Å². The monoisotopic (exact) mass is 437 g/mol. The molecule has 0 saturated heterocycles. The third kappa shape index (κ3) is 4.81. The molecule has 158 valence electrons. The fourth-order valence-corrected chi connectivity index (χ4v) is 3.43. The lowest BCUT2D eigenvalue weighted by molar-refractivity contribution is 0.0942. The number of amides is 1. The Morgan fingerprint density at radius 2 is 1.94 bits per heavy atom. The van der Waals surface area contributed by atoms with E-state index in [4.69, 9.17) is 14.0 Å². The number of rotatable bonds is 8. The number of hydrogen-bond donors (Lipinski definition) is 2. The van der Waals surface area contributed by atoms with Crippen molar-refractivity contribution >= 4 is 28.1 Å². The van der Waals surface area contributed by atoms with Crippen LogP contribution in [0.5, 0.6) is 11.5 Å². The minimum Gasteiger partial charge on any atom is -0.497 e. The minimum absolute atomic E-state index is 0.102. The van der Waals surface area contributed by atoms with Gasteiger partial charge in [0.1, 0.15) is 17.2 Å². The Morgan fingerprint density at radius 1 is 1.10 bits per heavy atom. The molecular weight excluding hydrogens is 418 g/mol. The number of ether oxygens (including phenoxy) is 2. The van der Waals surface area contributed by atoms with Crippen LogP contribution < -0.4 is 20.1 Å². The van der Waals surface area contributed by atoms with Gasteiger partial charge in [-0.15, -0.1) is 11.3 Å². The Labute approximate surface area is 182 Å². The third-order valence-corrected chi connectivity index (χ3v) is 5.05. The molecule has 0 fully saturated rings. The van der Waals surface area contributed by atoms with Gasteiger partial charge in [-0.1, -0.05) is 35.5 Å². The fraction of sp³-hybridized carbons (Fsp3) is 0.143. The van der Waals surface area contributed by atoms with Gasteiger partial charge >= 0.3 is 0 Å². The molecule has 0 unspecified atom stereocenters. The van der Waals surface area contributed by atoms with Crippen molar-refractivity contribution in [3.8, 4) is 22.9 Å². The van der Waals surface area contributed by atoms with Crippen molar-refractivity contribution in [2.45, 2.75) is 6.54 Å². The fourth-order valence-electron chi connectivity index (χ4n) is 2.73. The summed E-state index contributed by atoms with van der Waals surface area (Å²) >= 11 is 1.30. The lowest BCUT2D eigenvalue weighted by atomic mass is 10.2. The molecule has 2 heterocycles. The quantitative estimate of drug-likeness (QED) is 0.427. The lowest BCUT2D eigenvalue weighted by Crippen LogP contribution is -2.23. The molecule has 0 aliphatic rings. The number of anilines is 2. The largest absolute Gasteiger partial charge is 0.497 e. The Kier molecular flexibility index (Phi) is 6.08. The van der Waals surface area contributed by atoms with Crippen LogP contribution in [0.25, 0.3) is 11.4 Å². The molecule has 2 aromatic heterocycles. The summed E-state index contributed by atoms with van der Waals surface area (Å²) < 4.78 is 15.8. The highest BCUT2D eigenvalue weighted by Gasteiger charge is 2.14. The van der Waals surface area contributed by atoms with Crippen LogP contribution >= 0.6 is 11.3 Å². The molecule has 0 saturated carbocycles. The number of hydrogen-bond acceptors (Lipinski definition) is 9. The molecule has 0 atom stereocenters. The van der Waals surface area contributed by atoms with Crippen molar-refractivity contribution in [3.05, 3.63) is 65.5 Å². The summed E-state index contributed by atoms with van der Waals surface area (Å²) in [6, 6.07) is 14.8. The van der Waals surface area contributed by atoms with E-state index in [0.29, 0.717) is 34.0 Å². The highest BCUT2D eigenvalue weighted by Crippen LogP contribution is 2.32. The predicted molar refractivity (Wildman–Crippen MR) is 116 cm³/mol. The zero-order chi connectivity index (χ0) is 21.6. The van der Waals surface area contributed by atoms with Gasteiger partial charge in [0.15, 0.2) is 5.13 Å². The number of carbonyl (C=O) groups excluding carboxylic acids is 1. The Bertz CT molecular complexity index is 1180. The van der Waals surface area contributed by atoms with Gasteiger partial charge in [-0.3, -0.25) is 4.79 Å². The number of thiazole rings is 1. The van der Waals surface area contributed by atoms with Crippen molar-refractivity contribution < 1.29 is 18.8 Å². The van der Waals surface area contributed by atoms with E-state index < -0.39 is 0 Å². The van der Waals surface area contributed by atoms with E-state index in [1.165, 1.54) is 11.3 Å². The summed E-state index contributed by atoms with van der Waals surface area (Å²) in [6.07, 6.45) is 0. The van der Waals surface area contributed by atoms with E-state index in [1.54, 1.807) is 31.7 Å². The molecule has 1 amide bonds. The zero-order valence-corrected chi connectivity index (χ0v) is 17.6. The predicted octanol–water partition coefficient (Wildman–Crippen LogP) is 3.88. The van der Waals surface area contributed by atoms with Crippen molar-refractivity contribution in [3.63, 3.8) is 0 Å². The summed E-state index contributed by atoms with van der Waals surface area (Å²) in [6.45, 7) is 0.102. The van der Waals surface area contributed by atoms with E-state index >= 15 is 0 Å². The minimum atomic E-state index is -0.342. The van der Waals surface area contributed by atoms with Gasteiger partial charge in [-0.2, -0.15) is 4.98 Å². The molecule has 9 nitrogen and oxygen atoms in total. The maximum Gasteiger partial charge on any atom is 0.271 e. The number of nitrogens with one attached hydrogen (secondary N) is 2. The number of carbonyl (C=O) groups is 1. The maximum absolute atomic E-state index is 12.4. The summed E-state index contributed by atoms with van der Waals surface area (Å²) in [5.74, 6) is 1.72. The summed E-state index contributed by atoms with van der Waals surface area (Å²) in [5, 5.41) is 12.0. The average molecular weight is 437 g/mol. The number of nitrogens with zero attached hydrogens (tertiary/aromatic N) is 3. The first-order valence-corrected chi connectivity index (χ1v) is 10.1. The van der Waals surface area contributed by atoms with Crippen LogP contribution in [-0.2, 0) is 6.54 Å². The molecule has 0 bridgehead atoms. The van der Waals surface area contributed by atoms with Crippen molar-refractivity contribution in [1.29, 1.82) is 0 Å². The summed E-state index contributed by atoms with van der Waals surface area (Å²) in [4.78, 5) is 21.1. The molecule has 31 heavy (non-hydrogen) atoms. The smallest absolute Gasteiger partial charge is 0.271 e. The Hall–Kier alpha value is -3.92. The second kappa shape index (κ2) is 9.26.